The standard InChI is InChI=1S/C15H13Cl2F2NO/c1-15(8-21,20-10-4-2-3-9(18)5-10)11-6-14(19)13(17)7-12(11)16/h2-7,20-21H,8H2,1H3. The van der Waals surface area contributed by atoms with Gasteiger partial charge in [0.05, 0.1) is 17.2 Å². The Bertz CT molecular complexity index is 666. The molecule has 2 aromatic carbocycles. The first kappa shape index (κ1) is 16.0. The third kappa shape index (κ3) is 3.46. The van der Waals surface area contributed by atoms with E-state index in [-0.39, 0.29) is 16.7 Å². The van der Waals surface area contributed by atoms with E-state index < -0.39 is 17.2 Å². The largest absolute Gasteiger partial charge is 0.394 e. The average molecular weight is 332 g/mol. The van der Waals surface area contributed by atoms with Crippen LogP contribution in [-0.4, -0.2) is 11.7 Å². The van der Waals surface area contributed by atoms with Gasteiger partial charge in [-0.2, -0.15) is 0 Å². The molecule has 112 valence electrons. The van der Waals surface area contributed by atoms with Crippen LogP contribution in [0.25, 0.3) is 0 Å². The molecule has 0 aliphatic rings. The number of hydrogen-bond acceptors (Lipinski definition) is 2. The van der Waals surface area contributed by atoms with Gasteiger partial charge in [-0.25, -0.2) is 8.78 Å². The molecular formula is C15H13Cl2F2NO. The van der Waals surface area contributed by atoms with Crippen LogP contribution in [0, 0.1) is 11.6 Å². The lowest BCUT2D eigenvalue weighted by atomic mass is 9.92. The number of halogens is 4. The van der Waals surface area contributed by atoms with Gasteiger partial charge in [0.1, 0.15) is 11.6 Å². The van der Waals surface area contributed by atoms with Crippen molar-refractivity contribution >= 4 is 28.9 Å². The highest BCUT2D eigenvalue weighted by Gasteiger charge is 2.29. The summed E-state index contributed by atoms with van der Waals surface area (Å²) in [4.78, 5) is 0. The van der Waals surface area contributed by atoms with E-state index >= 15 is 0 Å². The van der Waals surface area contributed by atoms with Gasteiger partial charge in [0, 0.05) is 16.3 Å². The van der Waals surface area contributed by atoms with Crippen LogP contribution in [0.15, 0.2) is 36.4 Å². The van der Waals surface area contributed by atoms with Crippen molar-refractivity contribution in [2.24, 2.45) is 0 Å². The number of anilines is 1. The SMILES string of the molecule is CC(CO)(Nc1cccc(F)c1)c1cc(F)c(Cl)cc1Cl. The van der Waals surface area contributed by atoms with Gasteiger partial charge in [0.15, 0.2) is 0 Å². The molecule has 0 saturated carbocycles. The molecular weight excluding hydrogens is 319 g/mol. The number of aliphatic hydroxyl groups excluding tert-OH is 1. The molecule has 0 saturated heterocycles. The summed E-state index contributed by atoms with van der Waals surface area (Å²) < 4.78 is 26.9. The Morgan fingerprint density at radius 1 is 1.14 bits per heavy atom. The summed E-state index contributed by atoms with van der Waals surface area (Å²) in [6, 6.07) is 8.17. The van der Waals surface area contributed by atoms with Crippen LogP contribution in [0.4, 0.5) is 14.5 Å². The van der Waals surface area contributed by atoms with E-state index in [0.717, 1.165) is 6.07 Å². The predicted octanol–water partition coefficient (Wildman–Crippen LogP) is 4.59. The second kappa shape index (κ2) is 6.18. The van der Waals surface area contributed by atoms with Crippen LogP contribution in [0.3, 0.4) is 0 Å². The quantitative estimate of drug-likeness (QED) is 0.803. The summed E-state index contributed by atoms with van der Waals surface area (Å²) in [5, 5.41) is 12.8. The van der Waals surface area contributed by atoms with Gasteiger partial charge in [-0.15, -0.1) is 0 Å². The molecule has 0 bridgehead atoms. The highest BCUT2D eigenvalue weighted by Crippen LogP contribution is 2.34. The molecule has 0 heterocycles. The summed E-state index contributed by atoms with van der Waals surface area (Å²) in [7, 11) is 0. The third-order valence-electron chi connectivity index (χ3n) is 3.17. The van der Waals surface area contributed by atoms with E-state index in [1.165, 1.54) is 24.3 Å². The fraction of sp³-hybridized carbons (Fsp3) is 0.200. The van der Waals surface area contributed by atoms with Crippen LogP contribution in [0.2, 0.25) is 10.0 Å². The number of rotatable bonds is 4. The van der Waals surface area contributed by atoms with E-state index in [2.05, 4.69) is 5.32 Å². The Labute approximate surface area is 131 Å². The lowest BCUT2D eigenvalue weighted by Gasteiger charge is -2.31. The third-order valence-corrected chi connectivity index (χ3v) is 3.77. The lowest BCUT2D eigenvalue weighted by molar-refractivity contribution is 0.224. The van der Waals surface area contributed by atoms with Gasteiger partial charge >= 0.3 is 0 Å². The van der Waals surface area contributed by atoms with E-state index in [9.17, 15) is 13.9 Å². The van der Waals surface area contributed by atoms with Crippen LogP contribution in [0.5, 0.6) is 0 Å². The van der Waals surface area contributed by atoms with Gasteiger partial charge in [-0.05, 0) is 37.3 Å². The Morgan fingerprint density at radius 2 is 1.86 bits per heavy atom. The average Bonchev–Trinajstić information content (AvgIpc) is 2.42. The Balaban J connectivity index is 2.44. The second-order valence-corrected chi connectivity index (χ2v) is 5.69. The molecule has 0 aromatic heterocycles. The Kier molecular flexibility index (Phi) is 4.71. The zero-order valence-corrected chi connectivity index (χ0v) is 12.6. The maximum Gasteiger partial charge on any atom is 0.142 e. The first-order chi connectivity index (χ1) is 9.85. The second-order valence-electron chi connectivity index (χ2n) is 4.87. The topological polar surface area (TPSA) is 32.3 Å². The fourth-order valence-electron chi connectivity index (χ4n) is 2.02. The van der Waals surface area contributed by atoms with Crippen molar-refractivity contribution in [2.75, 3.05) is 11.9 Å². The summed E-state index contributed by atoms with van der Waals surface area (Å²) >= 11 is 11.8. The van der Waals surface area contributed by atoms with Crippen molar-refractivity contribution in [3.63, 3.8) is 0 Å². The predicted molar refractivity (Wildman–Crippen MR) is 80.9 cm³/mol. The Hall–Kier alpha value is -1.36. The number of nitrogens with one attached hydrogen (secondary N) is 1. The highest BCUT2D eigenvalue weighted by molar-refractivity contribution is 6.35. The molecule has 0 amide bonds. The molecule has 21 heavy (non-hydrogen) atoms. The first-order valence-electron chi connectivity index (χ1n) is 6.15. The van der Waals surface area contributed by atoms with Gasteiger partial charge in [-0.3, -0.25) is 0 Å². The highest BCUT2D eigenvalue weighted by atomic mass is 35.5. The molecule has 0 spiro atoms. The van der Waals surface area contributed by atoms with Crippen LogP contribution in [0.1, 0.15) is 12.5 Å². The molecule has 2 rings (SSSR count). The number of hydrogen-bond donors (Lipinski definition) is 2. The van der Waals surface area contributed by atoms with E-state index in [1.54, 1.807) is 13.0 Å². The normalized spacial score (nSPS) is 13.8. The summed E-state index contributed by atoms with van der Waals surface area (Å²) in [5.41, 5.74) is -0.313. The first-order valence-corrected chi connectivity index (χ1v) is 6.91. The summed E-state index contributed by atoms with van der Waals surface area (Å²) in [5.74, 6) is -1.06. The van der Waals surface area contributed by atoms with Crippen LogP contribution in [-0.2, 0) is 5.54 Å². The van der Waals surface area contributed by atoms with Crippen LogP contribution < -0.4 is 5.32 Å². The zero-order chi connectivity index (χ0) is 15.6. The summed E-state index contributed by atoms with van der Waals surface area (Å²) in [6.07, 6.45) is 0. The van der Waals surface area contributed by atoms with Crippen molar-refractivity contribution in [1.29, 1.82) is 0 Å². The molecule has 0 fully saturated rings. The molecule has 6 heteroatoms. The molecule has 1 unspecified atom stereocenters. The molecule has 2 aromatic rings. The van der Waals surface area contributed by atoms with Crippen molar-refractivity contribution in [3.8, 4) is 0 Å². The molecule has 1 atom stereocenters. The van der Waals surface area contributed by atoms with E-state index in [4.69, 9.17) is 23.2 Å². The fourth-order valence-corrected chi connectivity index (χ4v) is 2.61. The van der Waals surface area contributed by atoms with Crippen molar-refractivity contribution in [3.05, 3.63) is 63.6 Å². The molecule has 0 aliphatic heterocycles. The molecule has 0 radical (unpaired) electrons. The smallest absolute Gasteiger partial charge is 0.142 e. The minimum atomic E-state index is -1.09. The minimum Gasteiger partial charge on any atom is -0.394 e. The lowest BCUT2D eigenvalue weighted by Crippen LogP contribution is -2.36. The van der Waals surface area contributed by atoms with Gasteiger partial charge in [-0.1, -0.05) is 29.3 Å². The monoisotopic (exact) mass is 331 g/mol. The summed E-state index contributed by atoms with van der Waals surface area (Å²) in [6.45, 7) is 1.26. The van der Waals surface area contributed by atoms with Gasteiger partial charge in [0.25, 0.3) is 0 Å². The van der Waals surface area contributed by atoms with Gasteiger partial charge < -0.3 is 10.4 Å². The zero-order valence-electron chi connectivity index (χ0n) is 11.1. The Morgan fingerprint density at radius 3 is 2.48 bits per heavy atom. The van der Waals surface area contributed by atoms with Crippen LogP contribution >= 0.6 is 23.2 Å². The molecule has 2 nitrogen and oxygen atoms in total. The van der Waals surface area contributed by atoms with Gasteiger partial charge in [0.2, 0.25) is 0 Å². The maximum atomic E-state index is 13.7. The molecule has 2 N–H and O–H groups in total. The minimum absolute atomic E-state index is 0.102. The maximum absolute atomic E-state index is 13.7. The van der Waals surface area contributed by atoms with Crippen molar-refractivity contribution in [2.45, 2.75) is 12.5 Å². The van der Waals surface area contributed by atoms with E-state index in [1.807, 2.05) is 0 Å². The number of aliphatic hydroxyl groups is 1. The van der Waals surface area contributed by atoms with Crippen molar-refractivity contribution < 1.29 is 13.9 Å². The number of benzene rings is 2. The van der Waals surface area contributed by atoms with Crippen molar-refractivity contribution in [1.82, 2.24) is 0 Å². The van der Waals surface area contributed by atoms with E-state index in [0.29, 0.717) is 11.3 Å². The molecule has 0 aliphatic carbocycles.